The van der Waals surface area contributed by atoms with E-state index in [1.807, 2.05) is 24.3 Å². The Bertz CT molecular complexity index is 1520. The van der Waals surface area contributed by atoms with Gasteiger partial charge in [0.05, 0.1) is 33.5 Å². The van der Waals surface area contributed by atoms with Gasteiger partial charge in [-0.1, -0.05) is 87.2 Å². The van der Waals surface area contributed by atoms with Crippen LogP contribution in [0.15, 0.2) is 65.1 Å². The Morgan fingerprint density at radius 1 is 1.07 bits per heavy atom. The van der Waals surface area contributed by atoms with Gasteiger partial charge in [-0.05, 0) is 54.3 Å². The molecular formula is C31H26BrCl3F3NO3. The highest BCUT2D eigenvalue weighted by atomic mass is 79.9. The number of halogens is 7. The Hall–Kier alpha value is -2.52. The summed E-state index contributed by atoms with van der Waals surface area (Å²) in [6.45, 7) is 0.344. The molecular weight excluding hydrogens is 678 g/mol. The van der Waals surface area contributed by atoms with Crippen molar-refractivity contribution in [1.29, 1.82) is 0 Å². The Morgan fingerprint density at radius 3 is 2.29 bits per heavy atom. The summed E-state index contributed by atoms with van der Waals surface area (Å²) in [5, 5.41) is -0.176. The fourth-order valence-corrected chi connectivity index (χ4v) is 6.05. The molecule has 3 aromatic carbocycles. The summed E-state index contributed by atoms with van der Waals surface area (Å²) in [5.41, 5.74) is 0.723. The molecule has 0 radical (unpaired) electrons. The van der Waals surface area contributed by atoms with Crippen LogP contribution in [0.2, 0.25) is 15.1 Å². The molecule has 0 heterocycles. The van der Waals surface area contributed by atoms with E-state index in [0.29, 0.717) is 40.7 Å². The molecule has 1 fully saturated rings. The Balaban J connectivity index is 1.47. The second kappa shape index (κ2) is 13.0. The molecule has 222 valence electrons. The lowest BCUT2D eigenvalue weighted by Crippen LogP contribution is -2.35. The molecule has 0 bridgehead atoms. The van der Waals surface area contributed by atoms with Crippen LogP contribution in [-0.4, -0.2) is 36.9 Å². The standard InChI is InChI=1S/C31H26BrCl3F3NO3/c1-39(17-19-5-3-4-6-27(19)42-2)29(41)30(11-12-30)16-26(40)21-9-7-18(13-23(21)32)8-10-22(31(36,37)38)20-14-24(33)28(35)25(34)15-20/h3-10,13-15,22H,11-12,16-17H2,1-2H3/b10-8+. The van der Waals surface area contributed by atoms with Crippen molar-refractivity contribution in [1.82, 2.24) is 4.90 Å². The fourth-order valence-electron chi connectivity index (χ4n) is 4.82. The lowest BCUT2D eigenvalue weighted by molar-refractivity contribution is -0.139. The number of methoxy groups -OCH3 is 1. The third kappa shape index (κ3) is 7.33. The van der Waals surface area contributed by atoms with Crippen molar-refractivity contribution >= 4 is 68.5 Å². The number of ketones is 1. The summed E-state index contributed by atoms with van der Waals surface area (Å²) < 4.78 is 47.5. The number of carbonyl (C=O) groups is 2. The molecule has 1 aliphatic carbocycles. The maximum atomic E-state index is 13.9. The molecule has 0 N–H and O–H groups in total. The van der Waals surface area contributed by atoms with Gasteiger partial charge in [-0.3, -0.25) is 9.59 Å². The fraction of sp³-hybridized carbons (Fsp3) is 0.290. The highest BCUT2D eigenvalue weighted by Gasteiger charge is 2.52. The van der Waals surface area contributed by atoms with Gasteiger partial charge in [0, 0.05) is 35.6 Å². The van der Waals surface area contributed by atoms with Crippen LogP contribution in [0, 0.1) is 5.41 Å². The summed E-state index contributed by atoms with van der Waals surface area (Å²) in [7, 11) is 3.28. The minimum atomic E-state index is -4.62. The van der Waals surface area contributed by atoms with E-state index in [2.05, 4.69) is 15.9 Å². The summed E-state index contributed by atoms with van der Waals surface area (Å²) >= 11 is 21.2. The normalized spacial score (nSPS) is 15.0. The monoisotopic (exact) mass is 701 g/mol. The minimum Gasteiger partial charge on any atom is -0.496 e. The zero-order chi connectivity index (χ0) is 30.8. The van der Waals surface area contributed by atoms with Crippen LogP contribution in [-0.2, 0) is 11.3 Å². The van der Waals surface area contributed by atoms with Crippen LogP contribution in [0.4, 0.5) is 13.2 Å². The van der Waals surface area contributed by atoms with Gasteiger partial charge in [-0.25, -0.2) is 0 Å². The second-order valence-corrected chi connectivity index (χ2v) is 12.3. The van der Waals surface area contributed by atoms with Crippen LogP contribution < -0.4 is 4.74 Å². The third-order valence-electron chi connectivity index (χ3n) is 7.25. The predicted octanol–water partition coefficient (Wildman–Crippen LogP) is 9.79. The van der Waals surface area contributed by atoms with Crippen molar-refractivity contribution in [2.24, 2.45) is 5.41 Å². The SMILES string of the molecule is COc1ccccc1CN(C)C(=O)C1(CC(=O)c2ccc(/C=C/C(c3cc(Cl)c(Cl)c(Cl)c3)C(F)(F)F)cc2Br)CC1. The number of para-hydroxylation sites is 1. The summed E-state index contributed by atoms with van der Waals surface area (Å²) in [5.74, 6) is -1.65. The molecule has 1 amide bonds. The van der Waals surface area contributed by atoms with E-state index >= 15 is 0 Å². The van der Waals surface area contributed by atoms with Crippen LogP contribution in [0.3, 0.4) is 0 Å². The molecule has 4 nitrogen and oxygen atoms in total. The molecule has 0 aliphatic heterocycles. The van der Waals surface area contributed by atoms with Crippen LogP contribution in [0.25, 0.3) is 6.08 Å². The molecule has 11 heteroatoms. The number of hydrogen-bond donors (Lipinski definition) is 0. The van der Waals surface area contributed by atoms with Crippen molar-refractivity contribution in [3.05, 3.63) is 102 Å². The predicted molar refractivity (Wildman–Crippen MR) is 164 cm³/mol. The van der Waals surface area contributed by atoms with Gasteiger partial charge in [-0.2, -0.15) is 13.2 Å². The second-order valence-electron chi connectivity index (χ2n) is 10.3. The van der Waals surface area contributed by atoms with Gasteiger partial charge in [-0.15, -0.1) is 0 Å². The van der Waals surface area contributed by atoms with Crippen LogP contribution in [0.5, 0.6) is 5.75 Å². The van der Waals surface area contributed by atoms with E-state index < -0.39 is 17.5 Å². The van der Waals surface area contributed by atoms with Gasteiger partial charge in [0.1, 0.15) is 5.75 Å². The number of Topliss-reactive ketones (excluding diaryl/α,β-unsaturated/α-hetero) is 1. The molecule has 0 aromatic heterocycles. The first kappa shape index (κ1) is 32.4. The van der Waals surface area contributed by atoms with E-state index in [4.69, 9.17) is 39.5 Å². The summed E-state index contributed by atoms with van der Waals surface area (Å²) in [6.07, 6.45) is -1.08. The number of benzene rings is 3. The Kier molecular flexibility index (Phi) is 10.0. The van der Waals surface area contributed by atoms with E-state index in [-0.39, 0.29) is 38.7 Å². The number of hydrogen-bond acceptors (Lipinski definition) is 3. The molecule has 0 spiro atoms. The van der Waals surface area contributed by atoms with Crippen LogP contribution in [0.1, 0.15) is 52.2 Å². The zero-order valence-electron chi connectivity index (χ0n) is 22.6. The highest BCUT2D eigenvalue weighted by Crippen LogP contribution is 2.51. The number of alkyl halides is 3. The van der Waals surface area contributed by atoms with Crippen molar-refractivity contribution < 1.29 is 27.5 Å². The largest absolute Gasteiger partial charge is 0.496 e. The number of allylic oxidation sites excluding steroid dienone is 1. The van der Waals surface area contributed by atoms with E-state index in [9.17, 15) is 22.8 Å². The topological polar surface area (TPSA) is 46.6 Å². The van der Waals surface area contributed by atoms with Gasteiger partial charge >= 0.3 is 6.18 Å². The maximum Gasteiger partial charge on any atom is 0.399 e. The summed E-state index contributed by atoms with van der Waals surface area (Å²) in [6, 6.07) is 14.4. The smallest absolute Gasteiger partial charge is 0.399 e. The number of nitrogens with zero attached hydrogens (tertiary/aromatic N) is 1. The molecule has 1 aliphatic rings. The van der Waals surface area contributed by atoms with E-state index in [1.54, 1.807) is 37.3 Å². The average molecular weight is 704 g/mol. The molecule has 1 atom stereocenters. The zero-order valence-corrected chi connectivity index (χ0v) is 26.4. The summed E-state index contributed by atoms with van der Waals surface area (Å²) in [4.78, 5) is 28.2. The first-order chi connectivity index (χ1) is 19.8. The number of amides is 1. The van der Waals surface area contributed by atoms with Crippen molar-refractivity contribution in [3.63, 3.8) is 0 Å². The first-order valence-electron chi connectivity index (χ1n) is 12.9. The number of ether oxygens (including phenoxy) is 1. The highest BCUT2D eigenvalue weighted by molar-refractivity contribution is 9.10. The molecule has 1 saturated carbocycles. The first-order valence-corrected chi connectivity index (χ1v) is 14.8. The van der Waals surface area contributed by atoms with Crippen molar-refractivity contribution in [3.8, 4) is 5.75 Å². The average Bonchev–Trinajstić information content (AvgIpc) is 3.71. The van der Waals surface area contributed by atoms with Crippen LogP contribution >= 0.6 is 50.7 Å². The quantitative estimate of drug-likeness (QED) is 0.156. The van der Waals surface area contributed by atoms with Gasteiger partial charge in [0.2, 0.25) is 5.91 Å². The minimum absolute atomic E-state index is 0.0195. The third-order valence-corrected chi connectivity index (χ3v) is 9.10. The van der Waals surface area contributed by atoms with E-state index in [1.165, 1.54) is 6.08 Å². The van der Waals surface area contributed by atoms with E-state index in [0.717, 1.165) is 23.8 Å². The molecule has 1 unspecified atom stereocenters. The Labute approximate surface area is 265 Å². The molecule has 3 aromatic rings. The Morgan fingerprint density at radius 2 is 1.71 bits per heavy atom. The van der Waals surface area contributed by atoms with Crippen molar-refractivity contribution in [2.75, 3.05) is 14.2 Å². The van der Waals surface area contributed by atoms with Gasteiger partial charge in [0.25, 0.3) is 0 Å². The molecule has 42 heavy (non-hydrogen) atoms. The van der Waals surface area contributed by atoms with Crippen molar-refractivity contribution in [2.45, 2.75) is 37.9 Å². The maximum absolute atomic E-state index is 13.9. The van der Waals surface area contributed by atoms with Gasteiger partial charge < -0.3 is 9.64 Å². The number of carbonyl (C=O) groups excluding carboxylic acids is 2. The lowest BCUT2D eigenvalue weighted by atomic mass is 9.93. The number of rotatable bonds is 10. The molecule has 4 rings (SSSR count). The molecule has 0 saturated heterocycles. The van der Waals surface area contributed by atoms with Gasteiger partial charge in [0.15, 0.2) is 5.78 Å². The lowest BCUT2D eigenvalue weighted by Gasteiger charge is -2.24.